The number of hydrogen-bond donors (Lipinski definition) is 1. The van der Waals surface area contributed by atoms with E-state index < -0.39 is 0 Å². The molecule has 0 aliphatic heterocycles. The topological polar surface area (TPSA) is 15.3 Å². The highest BCUT2D eigenvalue weighted by Gasteiger charge is 2.24. The molecular formula is C15H32N2. The smallest absolute Gasteiger partial charge is 0.0192 e. The number of hydrogen-bond acceptors (Lipinski definition) is 2. The SMILES string of the molecule is CCCCNCC(C)N(C)C1CCCC(C)C1. The Hall–Kier alpha value is -0.0800. The van der Waals surface area contributed by atoms with Gasteiger partial charge < -0.3 is 5.32 Å². The minimum Gasteiger partial charge on any atom is -0.315 e. The molecule has 17 heavy (non-hydrogen) atoms. The Morgan fingerprint density at radius 2 is 2.12 bits per heavy atom. The van der Waals surface area contributed by atoms with Crippen LogP contribution in [-0.2, 0) is 0 Å². The van der Waals surface area contributed by atoms with Gasteiger partial charge in [0, 0.05) is 18.6 Å². The van der Waals surface area contributed by atoms with Gasteiger partial charge in [0.2, 0.25) is 0 Å². The summed E-state index contributed by atoms with van der Waals surface area (Å²) in [5, 5.41) is 3.58. The quantitative estimate of drug-likeness (QED) is 0.687. The molecule has 1 rings (SSSR count). The molecule has 1 saturated carbocycles. The number of likely N-dealkylation sites (N-methyl/N-ethyl adjacent to an activating group) is 1. The molecule has 0 aromatic carbocycles. The van der Waals surface area contributed by atoms with Gasteiger partial charge in [0.25, 0.3) is 0 Å². The summed E-state index contributed by atoms with van der Waals surface area (Å²) in [7, 11) is 2.31. The third-order valence-electron chi connectivity index (χ3n) is 4.33. The first-order valence-corrected chi connectivity index (χ1v) is 7.57. The molecule has 1 N–H and O–H groups in total. The van der Waals surface area contributed by atoms with Crippen molar-refractivity contribution in [3.05, 3.63) is 0 Å². The standard InChI is InChI=1S/C15H32N2/c1-5-6-10-16-12-14(3)17(4)15-9-7-8-13(2)11-15/h13-16H,5-12H2,1-4H3. The van der Waals surface area contributed by atoms with Crippen molar-refractivity contribution >= 4 is 0 Å². The van der Waals surface area contributed by atoms with Crippen molar-refractivity contribution < 1.29 is 0 Å². The van der Waals surface area contributed by atoms with E-state index in [1.54, 1.807) is 0 Å². The summed E-state index contributed by atoms with van der Waals surface area (Å²) in [6.45, 7) is 9.33. The zero-order valence-electron chi connectivity index (χ0n) is 12.3. The Bertz CT molecular complexity index is 193. The van der Waals surface area contributed by atoms with E-state index >= 15 is 0 Å². The summed E-state index contributed by atoms with van der Waals surface area (Å²) >= 11 is 0. The van der Waals surface area contributed by atoms with Crippen molar-refractivity contribution in [3.8, 4) is 0 Å². The molecule has 2 nitrogen and oxygen atoms in total. The van der Waals surface area contributed by atoms with Crippen molar-refractivity contribution in [1.82, 2.24) is 10.2 Å². The summed E-state index contributed by atoms with van der Waals surface area (Å²) in [6, 6.07) is 1.49. The van der Waals surface area contributed by atoms with E-state index in [4.69, 9.17) is 0 Å². The van der Waals surface area contributed by atoms with Gasteiger partial charge in [0.15, 0.2) is 0 Å². The molecule has 1 aliphatic rings. The van der Waals surface area contributed by atoms with Crippen molar-refractivity contribution in [3.63, 3.8) is 0 Å². The van der Waals surface area contributed by atoms with E-state index in [0.29, 0.717) is 6.04 Å². The normalized spacial score (nSPS) is 27.4. The zero-order valence-corrected chi connectivity index (χ0v) is 12.3. The second kappa shape index (κ2) is 8.10. The van der Waals surface area contributed by atoms with Crippen molar-refractivity contribution in [2.24, 2.45) is 5.92 Å². The Balaban J connectivity index is 2.22. The molecule has 0 aromatic heterocycles. The van der Waals surface area contributed by atoms with Crippen LogP contribution in [0, 0.1) is 5.92 Å². The maximum atomic E-state index is 3.58. The van der Waals surface area contributed by atoms with Gasteiger partial charge in [0.1, 0.15) is 0 Å². The molecule has 0 heterocycles. The summed E-state index contributed by atoms with van der Waals surface area (Å²) < 4.78 is 0. The lowest BCUT2D eigenvalue weighted by Crippen LogP contribution is -2.45. The van der Waals surface area contributed by atoms with Gasteiger partial charge in [-0.2, -0.15) is 0 Å². The van der Waals surface area contributed by atoms with E-state index in [1.165, 1.54) is 45.1 Å². The molecule has 3 unspecified atom stereocenters. The van der Waals surface area contributed by atoms with Crippen molar-refractivity contribution in [1.29, 1.82) is 0 Å². The first-order valence-electron chi connectivity index (χ1n) is 7.57. The Labute approximate surface area is 108 Å². The molecule has 0 aromatic rings. The average Bonchev–Trinajstić information content (AvgIpc) is 2.33. The lowest BCUT2D eigenvalue weighted by molar-refractivity contribution is 0.124. The highest BCUT2D eigenvalue weighted by molar-refractivity contribution is 4.80. The molecule has 0 saturated heterocycles. The van der Waals surface area contributed by atoms with Gasteiger partial charge in [-0.05, 0) is 45.7 Å². The minimum atomic E-state index is 0.669. The first-order chi connectivity index (χ1) is 8.15. The molecule has 0 bridgehead atoms. The van der Waals surface area contributed by atoms with Crippen LogP contribution in [0.4, 0.5) is 0 Å². The van der Waals surface area contributed by atoms with E-state index in [1.807, 2.05) is 0 Å². The van der Waals surface area contributed by atoms with E-state index in [9.17, 15) is 0 Å². The number of unbranched alkanes of at least 4 members (excludes halogenated alkanes) is 1. The van der Waals surface area contributed by atoms with Crippen LogP contribution in [0.15, 0.2) is 0 Å². The van der Waals surface area contributed by atoms with Crippen LogP contribution in [-0.4, -0.2) is 37.1 Å². The highest BCUT2D eigenvalue weighted by Crippen LogP contribution is 2.27. The van der Waals surface area contributed by atoms with Crippen molar-refractivity contribution in [2.75, 3.05) is 20.1 Å². The lowest BCUT2D eigenvalue weighted by Gasteiger charge is -2.37. The summed E-state index contributed by atoms with van der Waals surface area (Å²) in [6.07, 6.45) is 8.25. The predicted molar refractivity (Wildman–Crippen MR) is 76.4 cm³/mol. The lowest BCUT2D eigenvalue weighted by atomic mass is 9.86. The van der Waals surface area contributed by atoms with Crippen LogP contribution in [0.1, 0.15) is 59.3 Å². The fraction of sp³-hybridized carbons (Fsp3) is 1.00. The number of nitrogens with zero attached hydrogens (tertiary/aromatic N) is 1. The van der Waals surface area contributed by atoms with E-state index in [-0.39, 0.29) is 0 Å². The van der Waals surface area contributed by atoms with Gasteiger partial charge in [-0.15, -0.1) is 0 Å². The maximum absolute atomic E-state index is 3.58. The third-order valence-corrected chi connectivity index (χ3v) is 4.33. The fourth-order valence-electron chi connectivity index (χ4n) is 2.89. The molecule has 0 spiro atoms. The molecule has 0 radical (unpaired) electrons. The maximum Gasteiger partial charge on any atom is 0.0192 e. The van der Waals surface area contributed by atoms with Crippen molar-refractivity contribution in [2.45, 2.75) is 71.4 Å². The van der Waals surface area contributed by atoms with Gasteiger partial charge in [0.05, 0.1) is 0 Å². The summed E-state index contributed by atoms with van der Waals surface area (Å²) in [5.74, 6) is 0.927. The Morgan fingerprint density at radius 3 is 2.76 bits per heavy atom. The van der Waals surface area contributed by atoms with Crippen LogP contribution < -0.4 is 5.32 Å². The summed E-state index contributed by atoms with van der Waals surface area (Å²) in [4.78, 5) is 2.61. The monoisotopic (exact) mass is 240 g/mol. The predicted octanol–water partition coefficient (Wildman–Crippen LogP) is 3.28. The van der Waals surface area contributed by atoms with E-state index in [0.717, 1.165) is 18.5 Å². The molecule has 1 aliphatic carbocycles. The second-order valence-electron chi connectivity index (χ2n) is 6.00. The molecule has 2 heteroatoms. The Morgan fingerprint density at radius 1 is 1.35 bits per heavy atom. The number of nitrogens with one attached hydrogen (secondary N) is 1. The first kappa shape index (κ1) is 15.0. The van der Waals surface area contributed by atoms with Crippen LogP contribution >= 0.6 is 0 Å². The minimum absolute atomic E-state index is 0.669. The van der Waals surface area contributed by atoms with E-state index in [2.05, 4.69) is 38.0 Å². The van der Waals surface area contributed by atoms with Crippen LogP contribution in [0.25, 0.3) is 0 Å². The van der Waals surface area contributed by atoms with Crippen LogP contribution in [0.3, 0.4) is 0 Å². The summed E-state index contributed by atoms with van der Waals surface area (Å²) in [5.41, 5.74) is 0. The van der Waals surface area contributed by atoms with Gasteiger partial charge in [-0.3, -0.25) is 4.90 Å². The molecule has 0 amide bonds. The van der Waals surface area contributed by atoms with Gasteiger partial charge in [-0.25, -0.2) is 0 Å². The zero-order chi connectivity index (χ0) is 12.7. The number of rotatable bonds is 7. The molecule has 102 valence electrons. The second-order valence-corrected chi connectivity index (χ2v) is 6.00. The average molecular weight is 240 g/mol. The van der Waals surface area contributed by atoms with Crippen LogP contribution in [0.2, 0.25) is 0 Å². The highest BCUT2D eigenvalue weighted by atomic mass is 15.2. The Kier molecular flexibility index (Phi) is 7.14. The van der Waals surface area contributed by atoms with Crippen LogP contribution in [0.5, 0.6) is 0 Å². The fourth-order valence-corrected chi connectivity index (χ4v) is 2.89. The van der Waals surface area contributed by atoms with Gasteiger partial charge >= 0.3 is 0 Å². The molecular weight excluding hydrogens is 208 g/mol. The third kappa shape index (κ3) is 5.39. The molecule has 1 fully saturated rings. The van der Waals surface area contributed by atoms with Gasteiger partial charge in [-0.1, -0.05) is 33.1 Å². The largest absolute Gasteiger partial charge is 0.315 e. The molecule has 3 atom stereocenters.